The third kappa shape index (κ3) is 3.07. The van der Waals surface area contributed by atoms with Crippen molar-refractivity contribution in [3.05, 3.63) is 11.6 Å². The number of methoxy groups -OCH3 is 1. The monoisotopic (exact) mass is 303 g/mol. The molecule has 0 spiro atoms. The Balaban J connectivity index is 3.19. The highest BCUT2D eigenvalue weighted by molar-refractivity contribution is 9.08. The molecule has 0 bridgehead atoms. The van der Waals surface area contributed by atoms with E-state index in [4.69, 9.17) is 4.74 Å². The Morgan fingerprint density at radius 2 is 2.06 bits per heavy atom. The summed E-state index contributed by atoms with van der Waals surface area (Å²) in [6.45, 7) is 9.47. The zero-order chi connectivity index (χ0) is 13.1. The first-order valence-electron chi connectivity index (χ1n) is 6.02. The van der Waals surface area contributed by atoms with E-state index in [2.05, 4.69) is 58.4 Å². The largest absolute Gasteiger partial charge is 0.371 e. The molecular formula is C12H22BrN3O. The summed E-state index contributed by atoms with van der Waals surface area (Å²) in [5.41, 5.74) is -0.359. The van der Waals surface area contributed by atoms with Crippen molar-refractivity contribution < 1.29 is 4.74 Å². The van der Waals surface area contributed by atoms with Gasteiger partial charge in [0.2, 0.25) is 0 Å². The standard InChI is InChI=1S/C12H22BrN3O/c1-6-12(4,17-5)11-15-14-10(7-13)16(11)8-9(2)3/h9H,6-8H2,1-5H3. The lowest BCUT2D eigenvalue weighted by molar-refractivity contribution is -0.0125. The second-order valence-corrected chi connectivity index (χ2v) is 5.43. The molecule has 1 aromatic heterocycles. The average Bonchev–Trinajstić information content (AvgIpc) is 2.70. The van der Waals surface area contributed by atoms with Gasteiger partial charge in [-0.2, -0.15) is 0 Å². The van der Waals surface area contributed by atoms with E-state index in [1.807, 2.05) is 0 Å². The molecule has 17 heavy (non-hydrogen) atoms. The highest BCUT2D eigenvalue weighted by atomic mass is 79.9. The maximum Gasteiger partial charge on any atom is 0.165 e. The molecule has 98 valence electrons. The first-order valence-corrected chi connectivity index (χ1v) is 7.14. The van der Waals surface area contributed by atoms with Crippen LogP contribution in [0.3, 0.4) is 0 Å². The second-order valence-electron chi connectivity index (χ2n) is 4.87. The van der Waals surface area contributed by atoms with Crippen LogP contribution in [0.4, 0.5) is 0 Å². The van der Waals surface area contributed by atoms with Crippen LogP contribution >= 0.6 is 15.9 Å². The Kier molecular flexibility index (Phi) is 5.13. The van der Waals surface area contributed by atoms with E-state index in [1.54, 1.807) is 7.11 Å². The number of hydrogen-bond donors (Lipinski definition) is 0. The Morgan fingerprint density at radius 1 is 1.41 bits per heavy atom. The van der Waals surface area contributed by atoms with E-state index in [-0.39, 0.29) is 5.60 Å². The van der Waals surface area contributed by atoms with Gasteiger partial charge in [-0.25, -0.2) is 0 Å². The van der Waals surface area contributed by atoms with Crippen LogP contribution in [0.15, 0.2) is 0 Å². The van der Waals surface area contributed by atoms with E-state index in [1.165, 1.54) is 0 Å². The molecule has 1 aromatic rings. The Hall–Kier alpha value is -0.420. The summed E-state index contributed by atoms with van der Waals surface area (Å²) in [4.78, 5) is 0. The lowest BCUT2D eigenvalue weighted by Crippen LogP contribution is -2.29. The molecule has 0 aliphatic rings. The third-order valence-electron chi connectivity index (χ3n) is 3.09. The van der Waals surface area contributed by atoms with E-state index < -0.39 is 0 Å². The number of aromatic nitrogens is 3. The van der Waals surface area contributed by atoms with Gasteiger partial charge in [0, 0.05) is 13.7 Å². The number of alkyl halides is 1. The summed E-state index contributed by atoms with van der Waals surface area (Å²) in [6.07, 6.45) is 0.877. The molecule has 1 heterocycles. The summed E-state index contributed by atoms with van der Waals surface area (Å²) in [5.74, 6) is 2.44. The maximum atomic E-state index is 5.61. The third-order valence-corrected chi connectivity index (χ3v) is 3.59. The van der Waals surface area contributed by atoms with Gasteiger partial charge in [0.15, 0.2) is 5.82 Å². The molecule has 0 N–H and O–H groups in total. The van der Waals surface area contributed by atoms with Crippen molar-refractivity contribution in [1.82, 2.24) is 14.8 Å². The molecular weight excluding hydrogens is 282 g/mol. The van der Waals surface area contributed by atoms with Crippen molar-refractivity contribution in [1.29, 1.82) is 0 Å². The van der Waals surface area contributed by atoms with Gasteiger partial charge in [-0.3, -0.25) is 0 Å². The zero-order valence-corrected chi connectivity index (χ0v) is 12.9. The Bertz CT molecular complexity index is 359. The fourth-order valence-electron chi connectivity index (χ4n) is 1.78. The summed E-state index contributed by atoms with van der Waals surface area (Å²) < 4.78 is 7.79. The molecule has 0 aliphatic heterocycles. The van der Waals surface area contributed by atoms with Crippen LogP contribution in [0.25, 0.3) is 0 Å². The lowest BCUT2D eigenvalue weighted by atomic mass is 10.0. The van der Waals surface area contributed by atoms with Crippen LogP contribution in [-0.4, -0.2) is 21.9 Å². The minimum absolute atomic E-state index is 0.359. The topological polar surface area (TPSA) is 39.9 Å². The van der Waals surface area contributed by atoms with Crippen LogP contribution in [-0.2, 0) is 22.2 Å². The van der Waals surface area contributed by atoms with Crippen LogP contribution in [0.1, 0.15) is 45.8 Å². The summed E-state index contributed by atoms with van der Waals surface area (Å²) in [6, 6.07) is 0. The quantitative estimate of drug-likeness (QED) is 0.758. The van der Waals surface area contributed by atoms with Gasteiger partial charge < -0.3 is 9.30 Å². The smallest absolute Gasteiger partial charge is 0.165 e. The van der Waals surface area contributed by atoms with Crippen LogP contribution in [0, 0.1) is 5.92 Å². The molecule has 0 aliphatic carbocycles. The molecule has 5 heteroatoms. The number of hydrogen-bond acceptors (Lipinski definition) is 3. The molecule has 4 nitrogen and oxygen atoms in total. The number of rotatable bonds is 6. The van der Waals surface area contributed by atoms with E-state index in [0.29, 0.717) is 5.92 Å². The van der Waals surface area contributed by atoms with E-state index >= 15 is 0 Å². The van der Waals surface area contributed by atoms with Crippen molar-refractivity contribution >= 4 is 15.9 Å². The van der Waals surface area contributed by atoms with Gasteiger partial charge in [-0.1, -0.05) is 36.7 Å². The van der Waals surface area contributed by atoms with Crippen molar-refractivity contribution in [2.45, 2.75) is 51.6 Å². The molecule has 0 saturated heterocycles. The number of ether oxygens (including phenoxy) is 1. The predicted octanol–water partition coefficient (Wildman–Crippen LogP) is 3.10. The summed E-state index contributed by atoms with van der Waals surface area (Å²) >= 11 is 3.46. The highest BCUT2D eigenvalue weighted by Crippen LogP contribution is 2.28. The van der Waals surface area contributed by atoms with Gasteiger partial charge in [0.25, 0.3) is 0 Å². The lowest BCUT2D eigenvalue weighted by Gasteiger charge is -2.27. The molecule has 0 aromatic carbocycles. The highest BCUT2D eigenvalue weighted by Gasteiger charge is 2.31. The SMILES string of the molecule is CCC(C)(OC)c1nnc(CBr)n1CC(C)C. The first kappa shape index (κ1) is 14.6. The van der Waals surface area contributed by atoms with Crippen molar-refractivity contribution in [3.8, 4) is 0 Å². The van der Waals surface area contributed by atoms with Crippen molar-refractivity contribution in [2.75, 3.05) is 7.11 Å². The molecule has 0 amide bonds. The fraction of sp³-hybridized carbons (Fsp3) is 0.833. The van der Waals surface area contributed by atoms with Crippen molar-refractivity contribution in [3.63, 3.8) is 0 Å². The van der Waals surface area contributed by atoms with Crippen molar-refractivity contribution in [2.24, 2.45) is 5.92 Å². The Labute approximate surface area is 112 Å². The summed E-state index contributed by atoms with van der Waals surface area (Å²) in [5, 5.41) is 9.27. The predicted molar refractivity (Wildman–Crippen MR) is 72.1 cm³/mol. The molecule has 1 atom stereocenters. The minimum Gasteiger partial charge on any atom is -0.371 e. The van der Waals surface area contributed by atoms with Gasteiger partial charge in [-0.05, 0) is 19.3 Å². The van der Waals surface area contributed by atoms with E-state index in [9.17, 15) is 0 Å². The molecule has 1 unspecified atom stereocenters. The normalized spacial score (nSPS) is 15.2. The van der Waals surface area contributed by atoms with Crippen LogP contribution in [0.5, 0.6) is 0 Å². The fourth-order valence-corrected chi connectivity index (χ4v) is 2.19. The average molecular weight is 304 g/mol. The molecule has 0 fully saturated rings. The van der Waals surface area contributed by atoms with E-state index in [0.717, 1.165) is 29.9 Å². The summed E-state index contributed by atoms with van der Waals surface area (Å²) in [7, 11) is 1.73. The maximum absolute atomic E-state index is 5.61. The minimum atomic E-state index is -0.359. The Morgan fingerprint density at radius 3 is 2.47 bits per heavy atom. The molecule has 0 radical (unpaired) electrons. The van der Waals surface area contributed by atoms with Crippen LogP contribution in [0.2, 0.25) is 0 Å². The number of nitrogens with zero attached hydrogens (tertiary/aromatic N) is 3. The van der Waals surface area contributed by atoms with Gasteiger partial charge in [0.05, 0.1) is 5.33 Å². The first-order chi connectivity index (χ1) is 7.98. The van der Waals surface area contributed by atoms with Crippen LogP contribution < -0.4 is 0 Å². The van der Waals surface area contributed by atoms with Gasteiger partial charge >= 0.3 is 0 Å². The molecule has 0 saturated carbocycles. The number of halogens is 1. The van der Waals surface area contributed by atoms with Gasteiger partial charge in [0.1, 0.15) is 11.4 Å². The molecule has 1 rings (SSSR count). The van der Waals surface area contributed by atoms with Gasteiger partial charge in [-0.15, -0.1) is 10.2 Å². The zero-order valence-electron chi connectivity index (χ0n) is 11.3. The second kappa shape index (κ2) is 5.96.